The molecule has 2 N–H and O–H groups in total. The molecule has 9 heteroatoms. The number of hydrogen-bond acceptors (Lipinski definition) is 4. The number of aromatic nitrogens is 1. The number of pyridine rings is 1. The zero-order valence-corrected chi connectivity index (χ0v) is 14.7. The summed E-state index contributed by atoms with van der Waals surface area (Å²) in [5.41, 5.74) is 4.56. The zero-order chi connectivity index (χ0) is 19.3. The van der Waals surface area contributed by atoms with E-state index < -0.39 is 30.0 Å². The Labute approximate surface area is 154 Å². The Kier molecular flexibility index (Phi) is 4.52. The maximum absolute atomic E-state index is 13.9. The van der Waals surface area contributed by atoms with Crippen molar-refractivity contribution >= 4 is 11.7 Å². The molecule has 148 valence electrons. The van der Waals surface area contributed by atoms with Crippen LogP contribution in [0.1, 0.15) is 25.0 Å². The molecule has 1 aliphatic carbocycles. The van der Waals surface area contributed by atoms with E-state index in [4.69, 9.17) is 5.73 Å². The van der Waals surface area contributed by atoms with Gasteiger partial charge in [-0.25, -0.2) is 9.37 Å². The molecule has 1 amide bonds. The number of carbonyl (C=O) groups excluding carboxylic acids is 1. The first-order valence-corrected chi connectivity index (χ1v) is 9.22. The molecule has 2 saturated heterocycles. The minimum absolute atomic E-state index is 0.0315. The van der Waals surface area contributed by atoms with Gasteiger partial charge in [0.05, 0.1) is 6.04 Å². The molecule has 0 unspecified atom stereocenters. The summed E-state index contributed by atoms with van der Waals surface area (Å²) in [6.45, 7) is 1.38. The topological polar surface area (TPSA) is 62.5 Å². The number of likely N-dealkylation sites (tertiary alicyclic amines) is 1. The van der Waals surface area contributed by atoms with Crippen LogP contribution in [0.15, 0.2) is 18.2 Å². The molecule has 5 atom stereocenters. The van der Waals surface area contributed by atoms with Crippen molar-refractivity contribution in [3.8, 4) is 0 Å². The fourth-order valence-electron chi connectivity index (χ4n) is 5.05. The third-order valence-corrected chi connectivity index (χ3v) is 6.21. The molecule has 1 aromatic heterocycles. The minimum Gasteiger partial charge on any atom is -0.368 e. The first kappa shape index (κ1) is 18.5. The second-order valence-electron chi connectivity index (χ2n) is 7.80. The van der Waals surface area contributed by atoms with Crippen molar-refractivity contribution in [2.24, 2.45) is 17.6 Å². The highest BCUT2D eigenvalue weighted by atomic mass is 19.4. The monoisotopic (exact) mass is 386 g/mol. The number of rotatable bonds is 3. The lowest BCUT2D eigenvalue weighted by Crippen LogP contribution is -2.48. The van der Waals surface area contributed by atoms with Gasteiger partial charge in [-0.3, -0.25) is 9.69 Å². The van der Waals surface area contributed by atoms with Crippen molar-refractivity contribution in [2.75, 3.05) is 24.5 Å². The Bertz CT molecular complexity index is 728. The summed E-state index contributed by atoms with van der Waals surface area (Å²) in [5.74, 6) is 0.286. The summed E-state index contributed by atoms with van der Waals surface area (Å²) in [5, 5.41) is 0. The summed E-state index contributed by atoms with van der Waals surface area (Å²) >= 11 is 0. The highest BCUT2D eigenvalue weighted by Crippen LogP contribution is 2.44. The number of anilines is 1. The summed E-state index contributed by atoms with van der Waals surface area (Å²) < 4.78 is 52.7. The minimum atomic E-state index is -4.48. The van der Waals surface area contributed by atoms with E-state index >= 15 is 0 Å². The van der Waals surface area contributed by atoms with Gasteiger partial charge in [0.1, 0.15) is 17.7 Å². The van der Waals surface area contributed by atoms with Crippen molar-refractivity contribution in [1.82, 2.24) is 9.88 Å². The third kappa shape index (κ3) is 3.37. The van der Waals surface area contributed by atoms with E-state index in [9.17, 15) is 22.4 Å². The van der Waals surface area contributed by atoms with Crippen LogP contribution < -0.4 is 10.6 Å². The number of alkyl halides is 4. The highest BCUT2D eigenvalue weighted by Gasteiger charge is 2.50. The molecule has 3 heterocycles. The molecule has 1 saturated carbocycles. The van der Waals surface area contributed by atoms with Crippen LogP contribution in [-0.2, 0) is 11.0 Å². The number of fused-ring (bicyclic) bond motifs is 1. The largest absolute Gasteiger partial charge is 0.433 e. The lowest BCUT2D eigenvalue weighted by Gasteiger charge is -2.32. The second kappa shape index (κ2) is 6.61. The maximum Gasteiger partial charge on any atom is 0.433 e. The predicted molar refractivity (Wildman–Crippen MR) is 90.7 cm³/mol. The third-order valence-electron chi connectivity index (χ3n) is 6.21. The van der Waals surface area contributed by atoms with Crippen LogP contribution in [0.5, 0.6) is 0 Å². The van der Waals surface area contributed by atoms with E-state index in [1.807, 2.05) is 9.80 Å². The number of hydrogen-bond donors (Lipinski definition) is 1. The molecule has 1 aromatic rings. The van der Waals surface area contributed by atoms with Crippen LogP contribution in [-0.4, -0.2) is 53.7 Å². The smallest absolute Gasteiger partial charge is 0.368 e. The van der Waals surface area contributed by atoms with Crippen molar-refractivity contribution < 1.29 is 22.4 Å². The van der Waals surface area contributed by atoms with Crippen molar-refractivity contribution in [2.45, 2.75) is 43.7 Å². The standard InChI is InChI=1S/C18H22F4N4O/c19-11-6-14(17(23)27)26(8-11)13-5-4-10-7-25(9-12(10)13)16-3-1-2-15(24-16)18(20,21)22/h1-3,10-14H,4-9H2,(H2,23,27)/t10-,11+,12+,13+,14+/m1/s1. The van der Waals surface area contributed by atoms with Crippen LogP contribution in [0.4, 0.5) is 23.4 Å². The van der Waals surface area contributed by atoms with Gasteiger partial charge >= 0.3 is 6.18 Å². The zero-order valence-electron chi connectivity index (χ0n) is 14.7. The normalized spacial score (nSPS) is 34.2. The van der Waals surface area contributed by atoms with E-state index in [-0.39, 0.29) is 24.9 Å². The molecule has 27 heavy (non-hydrogen) atoms. The molecule has 2 aliphatic heterocycles. The van der Waals surface area contributed by atoms with Gasteiger partial charge < -0.3 is 10.6 Å². The van der Waals surface area contributed by atoms with Crippen LogP contribution in [0.25, 0.3) is 0 Å². The highest BCUT2D eigenvalue weighted by molar-refractivity contribution is 5.80. The lowest BCUT2D eigenvalue weighted by molar-refractivity contribution is -0.141. The van der Waals surface area contributed by atoms with Gasteiger partial charge in [0, 0.05) is 32.1 Å². The Morgan fingerprint density at radius 3 is 2.67 bits per heavy atom. The van der Waals surface area contributed by atoms with Gasteiger partial charge in [-0.15, -0.1) is 0 Å². The van der Waals surface area contributed by atoms with Crippen molar-refractivity contribution in [3.63, 3.8) is 0 Å². The van der Waals surface area contributed by atoms with E-state index in [0.29, 0.717) is 24.8 Å². The van der Waals surface area contributed by atoms with Crippen LogP contribution in [0.3, 0.4) is 0 Å². The number of carbonyl (C=O) groups is 1. The summed E-state index contributed by atoms with van der Waals surface area (Å²) in [6.07, 6.45) is -3.65. The van der Waals surface area contributed by atoms with Crippen LogP contribution >= 0.6 is 0 Å². The summed E-state index contributed by atoms with van der Waals surface area (Å²) in [4.78, 5) is 19.3. The first-order chi connectivity index (χ1) is 12.7. The van der Waals surface area contributed by atoms with Crippen molar-refractivity contribution in [1.29, 1.82) is 0 Å². The lowest BCUT2D eigenvalue weighted by atomic mass is 9.96. The molecular formula is C18H22F4N4O. The molecular weight excluding hydrogens is 364 g/mol. The number of nitrogens with zero attached hydrogens (tertiary/aromatic N) is 3. The Balaban J connectivity index is 1.51. The van der Waals surface area contributed by atoms with Gasteiger partial charge in [0.15, 0.2) is 0 Å². The average molecular weight is 386 g/mol. The second-order valence-corrected chi connectivity index (χ2v) is 7.80. The SMILES string of the molecule is NC(=O)[C@@H]1C[C@H](F)CN1[C@H]1CC[C@@H]2CN(c3cccc(C(F)(F)F)n3)C[C@@H]21. The molecule has 0 aromatic carbocycles. The molecule has 0 spiro atoms. The molecule has 3 aliphatic rings. The fourth-order valence-corrected chi connectivity index (χ4v) is 5.05. The van der Waals surface area contributed by atoms with Crippen molar-refractivity contribution in [3.05, 3.63) is 23.9 Å². The van der Waals surface area contributed by atoms with Gasteiger partial charge in [0.2, 0.25) is 5.91 Å². The number of nitrogens with two attached hydrogens (primary N) is 1. The Morgan fingerprint density at radius 1 is 1.19 bits per heavy atom. The molecule has 0 bridgehead atoms. The quantitative estimate of drug-likeness (QED) is 0.810. The first-order valence-electron chi connectivity index (χ1n) is 9.22. The van der Waals surface area contributed by atoms with Crippen LogP contribution in [0.2, 0.25) is 0 Å². The molecule has 4 rings (SSSR count). The van der Waals surface area contributed by atoms with Gasteiger partial charge in [-0.2, -0.15) is 13.2 Å². The Hall–Kier alpha value is -1.90. The van der Waals surface area contributed by atoms with E-state index in [1.54, 1.807) is 6.07 Å². The maximum atomic E-state index is 13.9. The van der Waals surface area contributed by atoms with Gasteiger partial charge in [-0.1, -0.05) is 6.07 Å². The molecule has 0 radical (unpaired) electrons. The number of primary amides is 1. The fraction of sp³-hybridized carbons (Fsp3) is 0.667. The van der Waals surface area contributed by atoms with E-state index in [2.05, 4.69) is 4.98 Å². The number of amides is 1. The summed E-state index contributed by atoms with van der Waals surface area (Å²) in [6, 6.07) is 3.36. The molecule has 5 nitrogen and oxygen atoms in total. The van der Waals surface area contributed by atoms with Crippen LogP contribution in [0, 0.1) is 11.8 Å². The molecule has 3 fully saturated rings. The number of halogens is 4. The van der Waals surface area contributed by atoms with E-state index in [0.717, 1.165) is 18.9 Å². The predicted octanol–water partition coefficient (Wildman–Crippen LogP) is 2.21. The van der Waals surface area contributed by atoms with Gasteiger partial charge in [-0.05, 0) is 36.8 Å². The Morgan fingerprint density at radius 2 is 1.96 bits per heavy atom. The summed E-state index contributed by atoms with van der Waals surface area (Å²) in [7, 11) is 0. The van der Waals surface area contributed by atoms with Gasteiger partial charge in [0.25, 0.3) is 0 Å². The average Bonchev–Trinajstić information content (AvgIpc) is 3.27. The van der Waals surface area contributed by atoms with E-state index in [1.165, 1.54) is 6.07 Å².